The molecule has 0 radical (unpaired) electrons. The number of methoxy groups -OCH3 is 1. The molecule has 1 aliphatic heterocycles. The highest BCUT2D eigenvalue weighted by Gasteiger charge is 2.26. The van der Waals surface area contributed by atoms with Crippen molar-refractivity contribution in [1.29, 1.82) is 5.26 Å². The van der Waals surface area contributed by atoms with Gasteiger partial charge in [0.25, 0.3) is 0 Å². The molecule has 1 fully saturated rings. The highest BCUT2D eigenvalue weighted by atomic mass is 16.5. The molecule has 1 aromatic carbocycles. The Morgan fingerprint density at radius 2 is 2.04 bits per heavy atom. The molecule has 3 rings (SSSR count). The van der Waals surface area contributed by atoms with Crippen LogP contribution in [0.2, 0.25) is 0 Å². The van der Waals surface area contributed by atoms with Crippen LogP contribution in [0, 0.1) is 11.3 Å². The monoisotopic (exact) mass is 311 g/mol. The Balaban J connectivity index is 1.95. The van der Waals surface area contributed by atoms with Crippen molar-refractivity contribution in [2.75, 3.05) is 18.6 Å². The molecule has 0 saturated carbocycles. The zero-order chi connectivity index (χ0) is 16.2. The van der Waals surface area contributed by atoms with Gasteiger partial charge in [-0.1, -0.05) is 6.92 Å². The summed E-state index contributed by atoms with van der Waals surface area (Å²) in [7, 11) is 1.63. The number of piperidine rings is 1. The molecule has 2 heterocycles. The van der Waals surface area contributed by atoms with Gasteiger partial charge in [-0.15, -0.1) is 15.0 Å². The van der Waals surface area contributed by atoms with Crippen molar-refractivity contribution in [1.82, 2.24) is 15.0 Å². The molecule has 1 aliphatic rings. The van der Waals surface area contributed by atoms with E-state index in [1.54, 1.807) is 7.11 Å². The van der Waals surface area contributed by atoms with Gasteiger partial charge in [0.15, 0.2) is 5.82 Å². The van der Waals surface area contributed by atoms with Crippen molar-refractivity contribution < 1.29 is 4.74 Å². The van der Waals surface area contributed by atoms with Crippen LogP contribution in [-0.2, 0) is 0 Å². The first-order valence-corrected chi connectivity index (χ1v) is 8.05. The zero-order valence-electron chi connectivity index (χ0n) is 13.6. The molecule has 1 aromatic heterocycles. The number of aromatic nitrogens is 3. The van der Waals surface area contributed by atoms with Crippen LogP contribution in [0.1, 0.15) is 38.3 Å². The number of rotatable bonds is 4. The summed E-state index contributed by atoms with van der Waals surface area (Å²) in [6.07, 6.45) is 4.58. The Bertz CT molecular complexity index is 701. The molecule has 23 heavy (non-hydrogen) atoms. The fraction of sp³-hybridized carbons (Fsp3) is 0.471. The lowest BCUT2D eigenvalue weighted by molar-refractivity contribution is 0.414. The van der Waals surface area contributed by atoms with E-state index in [1.807, 2.05) is 24.3 Å². The van der Waals surface area contributed by atoms with Crippen molar-refractivity contribution in [3.05, 3.63) is 30.0 Å². The van der Waals surface area contributed by atoms with Gasteiger partial charge in [-0.3, -0.25) is 0 Å². The topological polar surface area (TPSA) is 67.0 Å². The van der Waals surface area contributed by atoms with E-state index in [0.29, 0.717) is 17.6 Å². The van der Waals surface area contributed by atoms with Crippen molar-refractivity contribution in [3.8, 4) is 17.5 Å². The maximum atomic E-state index is 9.44. The lowest BCUT2D eigenvalue weighted by Crippen LogP contribution is -2.39. The van der Waals surface area contributed by atoms with E-state index in [1.165, 1.54) is 11.2 Å². The van der Waals surface area contributed by atoms with Crippen molar-refractivity contribution >= 4 is 5.82 Å². The summed E-state index contributed by atoms with van der Waals surface area (Å²) in [6.45, 7) is 3.12. The zero-order valence-corrected chi connectivity index (χ0v) is 13.6. The third kappa shape index (κ3) is 3.00. The predicted molar refractivity (Wildman–Crippen MR) is 87.9 cm³/mol. The van der Waals surface area contributed by atoms with Crippen LogP contribution in [0.5, 0.6) is 5.75 Å². The van der Waals surface area contributed by atoms with Gasteiger partial charge < -0.3 is 9.64 Å². The van der Waals surface area contributed by atoms with Crippen LogP contribution in [0.3, 0.4) is 0 Å². The molecule has 0 unspecified atom stereocenters. The van der Waals surface area contributed by atoms with Gasteiger partial charge in [-0.25, -0.2) is 0 Å². The third-order valence-electron chi connectivity index (χ3n) is 4.38. The first kappa shape index (κ1) is 15.3. The molecule has 0 spiro atoms. The van der Waals surface area contributed by atoms with E-state index in [9.17, 15) is 5.26 Å². The number of ether oxygens (including phenoxy) is 1. The molecular weight excluding hydrogens is 290 g/mol. The molecule has 6 heteroatoms. The van der Waals surface area contributed by atoms with Gasteiger partial charge in [-0.2, -0.15) is 5.26 Å². The number of nitriles is 1. The van der Waals surface area contributed by atoms with Crippen molar-refractivity contribution in [2.45, 2.75) is 38.6 Å². The number of hydrogen-bond acceptors (Lipinski definition) is 5. The standard InChI is InChI=1S/C17H21N5O/c1-3-13-6-4-5-11-21(13)17-16(12-18)19-22(20-17)14-7-9-15(23-2)10-8-14/h7-10,13H,3-6,11H2,1-2H3/t13-/m1/s1. The predicted octanol–water partition coefficient (Wildman–Crippen LogP) is 2.92. The van der Waals surface area contributed by atoms with Gasteiger partial charge in [0.05, 0.1) is 12.8 Å². The second kappa shape index (κ2) is 6.69. The Hall–Kier alpha value is -2.55. The average Bonchev–Trinajstić information content (AvgIpc) is 3.06. The Morgan fingerprint density at radius 1 is 1.26 bits per heavy atom. The van der Waals surface area contributed by atoms with Crippen LogP contribution in [0.4, 0.5) is 5.82 Å². The van der Waals surface area contributed by atoms with Gasteiger partial charge in [0.1, 0.15) is 11.8 Å². The molecule has 1 atom stereocenters. The highest BCUT2D eigenvalue weighted by Crippen LogP contribution is 2.27. The minimum Gasteiger partial charge on any atom is -0.497 e. The van der Waals surface area contributed by atoms with E-state index in [2.05, 4.69) is 28.1 Å². The molecule has 0 amide bonds. The van der Waals surface area contributed by atoms with Crippen molar-refractivity contribution in [2.24, 2.45) is 0 Å². The van der Waals surface area contributed by atoms with Crippen LogP contribution < -0.4 is 9.64 Å². The minimum absolute atomic E-state index is 0.390. The summed E-state index contributed by atoms with van der Waals surface area (Å²) >= 11 is 0. The second-order valence-electron chi connectivity index (χ2n) is 5.72. The van der Waals surface area contributed by atoms with E-state index in [4.69, 9.17) is 4.74 Å². The maximum Gasteiger partial charge on any atom is 0.207 e. The summed E-state index contributed by atoms with van der Waals surface area (Å²) in [5.41, 5.74) is 1.21. The molecular formula is C17H21N5O. The number of benzene rings is 1. The Kier molecular flexibility index (Phi) is 4.47. The third-order valence-corrected chi connectivity index (χ3v) is 4.38. The molecule has 0 N–H and O–H groups in total. The Labute approximate surface area is 136 Å². The molecule has 2 aromatic rings. The smallest absolute Gasteiger partial charge is 0.207 e. The normalized spacial score (nSPS) is 17.8. The molecule has 6 nitrogen and oxygen atoms in total. The van der Waals surface area contributed by atoms with E-state index < -0.39 is 0 Å². The van der Waals surface area contributed by atoms with Crippen molar-refractivity contribution in [3.63, 3.8) is 0 Å². The average molecular weight is 311 g/mol. The second-order valence-corrected chi connectivity index (χ2v) is 5.72. The molecule has 0 bridgehead atoms. The lowest BCUT2D eigenvalue weighted by Gasteiger charge is -2.35. The van der Waals surface area contributed by atoms with Crippen LogP contribution >= 0.6 is 0 Å². The minimum atomic E-state index is 0.390. The van der Waals surface area contributed by atoms with Crippen LogP contribution in [0.15, 0.2) is 24.3 Å². The fourth-order valence-corrected chi connectivity index (χ4v) is 3.10. The summed E-state index contributed by atoms with van der Waals surface area (Å²) in [5.74, 6) is 1.48. The van der Waals surface area contributed by atoms with Gasteiger partial charge in [0, 0.05) is 12.6 Å². The summed E-state index contributed by atoms with van der Waals surface area (Å²) in [6, 6.07) is 10.1. The van der Waals surface area contributed by atoms with E-state index in [-0.39, 0.29) is 0 Å². The number of nitrogens with zero attached hydrogens (tertiary/aromatic N) is 5. The fourth-order valence-electron chi connectivity index (χ4n) is 3.10. The SMILES string of the molecule is CC[C@@H]1CCCCN1c1nn(-c2ccc(OC)cc2)nc1C#N. The molecule has 120 valence electrons. The van der Waals surface area contributed by atoms with Gasteiger partial charge in [-0.05, 0) is 49.9 Å². The van der Waals surface area contributed by atoms with Gasteiger partial charge >= 0.3 is 0 Å². The summed E-state index contributed by atoms with van der Waals surface area (Å²) in [5, 5.41) is 18.4. The highest BCUT2D eigenvalue weighted by molar-refractivity contribution is 5.51. The first-order valence-electron chi connectivity index (χ1n) is 8.05. The first-order chi connectivity index (χ1) is 11.3. The number of hydrogen-bond donors (Lipinski definition) is 0. The van der Waals surface area contributed by atoms with E-state index in [0.717, 1.165) is 37.2 Å². The van der Waals surface area contributed by atoms with Crippen LogP contribution in [-0.4, -0.2) is 34.7 Å². The number of anilines is 1. The van der Waals surface area contributed by atoms with E-state index >= 15 is 0 Å². The largest absolute Gasteiger partial charge is 0.497 e. The molecule has 1 saturated heterocycles. The maximum absolute atomic E-state index is 9.44. The quantitative estimate of drug-likeness (QED) is 0.868. The van der Waals surface area contributed by atoms with Crippen LogP contribution in [0.25, 0.3) is 5.69 Å². The molecule has 0 aliphatic carbocycles. The summed E-state index contributed by atoms with van der Waals surface area (Å²) < 4.78 is 5.17. The van der Waals surface area contributed by atoms with Gasteiger partial charge in [0.2, 0.25) is 5.69 Å². The lowest BCUT2D eigenvalue weighted by atomic mass is 10.00. The summed E-state index contributed by atoms with van der Waals surface area (Å²) in [4.78, 5) is 3.78. The Morgan fingerprint density at radius 3 is 2.70 bits per heavy atom.